The van der Waals surface area contributed by atoms with Gasteiger partial charge in [-0.25, -0.2) is 18.1 Å². The maximum Gasteiger partial charge on any atom is 0.264 e. The number of carbonyl (C=O) groups is 1. The van der Waals surface area contributed by atoms with Crippen LogP contribution < -0.4 is 9.46 Å². The van der Waals surface area contributed by atoms with Crippen molar-refractivity contribution in [2.24, 2.45) is 5.41 Å². The summed E-state index contributed by atoms with van der Waals surface area (Å²) in [6.07, 6.45) is 1.58. The van der Waals surface area contributed by atoms with Gasteiger partial charge in [-0.15, -0.1) is 0 Å². The fourth-order valence-electron chi connectivity index (χ4n) is 6.21. The molecule has 0 saturated carbocycles. The van der Waals surface area contributed by atoms with Crippen LogP contribution in [0.15, 0.2) is 53.4 Å². The minimum absolute atomic E-state index is 0.0309. The first-order valence-corrected chi connectivity index (χ1v) is 15.9. The Kier molecular flexibility index (Phi) is 7.67. The standard InChI is InChI=1S/C31H37N5O5S/c1-21-6-4-7-22(2)28(21)26-17-27-33-30(32-26)34-42(38,39)25-9-5-8-23(16-25)29(37)36-13-12-35(18-24(19-36)41-27)20-31(3)10-14-40-15-11-31/h4-9,16-17,24H,10-15,18-20H2,1-3H3,(H,32,33,34)/t24-/m1/s1. The number of hydrogen-bond donors (Lipinski definition) is 1. The highest BCUT2D eigenvalue weighted by atomic mass is 32.2. The summed E-state index contributed by atoms with van der Waals surface area (Å²) >= 11 is 0. The van der Waals surface area contributed by atoms with Crippen molar-refractivity contribution in [3.8, 4) is 17.1 Å². The smallest absolute Gasteiger partial charge is 0.264 e. The number of anilines is 1. The first-order chi connectivity index (χ1) is 20.1. The highest BCUT2D eigenvalue weighted by Crippen LogP contribution is 2.33. The van der Waals surface area contributed by atoms with Gasteiger partial charge in [-0.05, 0) is 61.4 Å². The third-order valence-corrected chi connectivity index (χ3v) is 9.83. The predicted octanol–water partition coefficient (Wildman–Crippen LogP) is 3.90. The van der Waals surface area contributed by atoms with E-state index in [1.165, 1.54) is 12.1 Å². The van der Waals surface area contributed by atoms with Crippen LogP contribution in [0, 0.1) is 19.3 Å². The van der Waals surface area contributed by atoms with Gasteiger partial charge >= 0.3 is 0 Å². The van der Waals surface area contributed by atoms with E-state index in [9.17, 15) is 13.2 Å². The van der Waals surface area contributed by atoms with Crippen molar-refractivity contribution < 1.29 is 22.7 Å². The Hall–Kier alpha value is -3.54. The number of nitrogens with one attached hydrogen (secondary N) is 1. The number of sulfonamides is 1. The van der Waals surface area contributed by atoms with E-state index in [2.05, 4.69) is 26.5 Å². The number of aryl methyl sites for hydroxylation is 2. The number of nitrogens with zero attached hydrogens (tertiary/aromatic N) is 4. The molecule has 0 unspecified atom stereocenters. The number of carbonyl (C=O) groups excluding carboxylic acids is 1. The average Bonchev–Trinajstić information content (AvgIpc) is 3.13. The van der Waals surface area contributed by atoms with Crippen LogP contribution in [0.25, 0.3) is 11.3 Å². The number of hydrogen-bond acceptors (Lipinski definition) is 8. The molecule has 0 spiro atoms. The third kappa shape index (κ3) is 5.99. The Morgan fingerprint density at radius 1 is 1.00 bits per heavy atom. The van der Waals surface area contributed by atoms with Crippen molar-refractivity contribution in [3.63, 3.8) is 0 Å². The summed E-state index contributed by atoms with van der Waals surface area (Å²) in [6, 6.07) is 13.8. The number of benzene rings is 2. The molecule has 2 fully saturated rings. The number of fused-ring (bicyclic) bond motifs is 6. The molecule has 1 amide bonds. The van der Waals surface area contributed by atoms with E-state index < -0.39 is 16.1 Å². The highest BCUT2D eigenvalue weighted by molar-refractivity contribution is 7.92. The van der Waals surface area contributed by atoms with E-state index in [-0.39, 0.29) is 28.0 Å². The zero-order chi connectivity index (χ0) is 29.5. The number of aromatic nitrogens is 2. The molecular weight excluding hydrogens is 554 g/mol. The largest absolute Gasteiger partial charge is 0.471 e. The molecule has 6 bridgehead atoms. The van der Waals surface area contributed by atoms with Gasteiger partial charge < -0.3 is 14.4 Å². The molecule has 4 heterocycles. The fourth-order valence-corrected chi connectivity index (χ4v) is 7.20. The van der Waals surface area contributed by atoms with Gasteiger partial charge in [0.1, 0.15) is 6.10 Å². The number of rotatable bonds is 3. The summed E-state index contributed by atoms with van der Waals surface area (Å²) in [6.45, 7) is 10.8. The van der Waals surface area contributed by atoms with Crippen LogP contribution in [0.5, 0.6) is 5.88 Å². The third-order valence-electron chi connectivity index (χ3n) is 8.51. The van der Waals surface area contributed by atoms with Crippen LogP contribution in [-0.2, 0) is 14.8 Å². The van der Waals surface area contributed by atoms with Gasteiger partial charge in [-0.3, -0.25) is 9.69 Å². The molecule has 1 N–H and O–H groups in total. The van der Waals surface area contributed by atoms with Crippen LogP contribution in [0.2, 0.25) is 0 Å². The molecule has 3 aromatic rings. The van der Waals surface area contributed by atoms with E-state index in [1.807, 2.05) is 32.0 Å². The summed E-state index contributed by atoms with van der Waals surface area (Å²) in [5.74, 6) is -0.0611. The van der Waals surface area contributed by atoms with Crippen molar-refractivity contribution >= 4 is 21.9 Å². The second-order valence-corrected chi connectivity index (χ2v) is 13.6. The number of amides is 1. The van der Waals surface area contributed by atoms with Crippen molar-refractivity contribution in [1.82, 2.24) is 19.8 Å². The first-order valence-electron chi connectivity index (χ1n) is 14.4. The molecule has 11 heteroatoms. The maximum absolute atomic E-state index is 13.7. The van der Waals surface area contributed by atoms with Gasteiger partial charge in [0.25, 0.3) is 15.9 Å². The molecule has 2 aromatic carbocycles. The lowest BCUT2D eigenvalue weighted by Crippen LogP contribution is -2.44. The predicted molar refractivity (Wildman–Crippen MR) is 159 cm³/mol. The SMILES string of the molecule is Cc1cccc(C)c1-c1cc2nc(n1)NS(=O)(=O)c1cccc(c1)C(=O)N1CCN(CC3(C)CCOCC3)C[C@H](C1)O2. The molecule has 3 aliphatic rings. The van der Waals surface area contributed by atoms with Crippen LogP contribution in [0.1, 0.15) is 41.3 Å². The van der Waals surface area contributed by atoms with Crippen molar-refractivity contribution in [1.29, 1.82) is 0 Å². The summed E-state index contributed by atoms with van der Waals surface area (Å²) in [4.78, 5) is 27.0. The van der Waals surface area contributed by atoms with E-state index in [4.69, 9.17) is 9.47 Å². The van der Waals surface area contributed by atoms with E-state index >= 15 is 0 Å². The summed E-state index contributed by atoms with van der Waals surface area (Å²) in [7, 11) is -4.08. The molecule has 1 atom stereocenters. The Balaban J connectivity index is 1.43. The molecule has 222 valence electrons. The van der Waals surface area contributed by atoms with Gasteiger partial charge in [0.05, 0.1) is 17.1 Å². The highest BCUT2D eigenvalue weighted by Gasteiger charge is 2.34. The second-order valence-electron chi connectivity index (χ2n) is 12.0. The Morgan fingerprint density at radius 2 is 1.74 bits per heavy atom. The van der Waals surface area contributed by atoms with Crippen molar-refractivity contribution in [2.45, 2.75) is 44.6 Å². The minimum Gasteiger partial charge on any atom is -0.471 e. The molecule has 3 aliphatic heterocycles. The van der Waals surface area contributed by atoms with Crippen LogP contribution in [0.3, 0.4) is 0 Å². The van der Waals surface area contributed by atoms with Gasteiger partial charge in [0, 0.05) is 56.6 Å². The Morgan fingerprint density at radius 3 is 2.50 bits per heavy atom. The van der Waals surface area contributed by atoms with Crippen LogP contribution >= 0.6 is 0 Å². The fraction of sp³-hybridized carbons (Fsp3) is 0.452. The minimum atomic E-state index is -4.08. The quantitative estimate of drug-likeness (QED) is 0.488. The molecule has 2 saturated heterocycles. The van der Waals surface area contributed by atoms with Crippen molar-refractivity contribution in [2.75, 3.05) is 50.7 Å². The van der Waals surface area contributed by atoms with Gasteiger partial charge in [-0.1, -0.05) is 31.2 Å². The van der Waals surface area contributed by atoms with E-state index in [0.29, 0.717) is 37.4 Å². The normalized spacial score (nSPS) is 22.0. The lowest BCUT2D eigenvalue weighted by Gasteiger charge is -2.38. The summed E-state index contributed by atoms with van der Waals surface area (Å²) in [5.41, 5.74) is 3.88. The monoisotopic (exact) mass is 591 g/mol. The number of ether oxygens (including phenoxy) is 2. The Bertz CT molecular complexity index is 1580. The van der Waals surface area contributed by atoms with Crippen LogP contribution in [0.4, 0.5) is 5.95 Å². The van der Waals surface area contributed by atoms with E-state index in [1.54, 1.807) is 23.1 Å². The Labute approximate surface area is 247 Å². The lowest BCUT2D eigenvalue weighted by atomic mass is 9.82. The average molecular weight is 592 g/mol. The molecule has 10 nitrogen and oxygen atoms in total. The second kappa shape index (κ2) is 11.3. The molecular formula is C31H37N5O5S. The molecule has 0 radical (unpaired) electrons. The summed E-state index contributed by atoms with van der Waals surface area (Å²) < 4.78 is 41.6. The van der Waals surface area contributed by atoms with Gasteiger partial charge in [0.2, 0.25) is 11.8 Å². The molecule has 42 heavy (non-hydrogen) atoms. The zero-order valence-corrected chi connectivity index (χ0v) is 25.1. The lowest BCUT2D eigenvalue weighted by molar-refractivity contribution is 0.00159. The topological polar surface area (TPSA) is 114 Å². The maximum atomic E-state index is 13.7. The van der Waals surface area contributed by atoms with Crippen LogP contribution in [-0.4, -0.2) is 86.1 Å². The molecule has 1 aromatic heterocycles. The van der Waals surface area contributed by atoms with E-state index in [0.717, 1.165) is 49.3 Å². The van der Waals surface area contributed by atoms with Gasteiger partial charge in [0.15, 0.2) is 0 Å². The molecule has 6 rings (SSSR count). The molecule has 0 aliphatic carbocycles. The zero-order valence-electron chi connectivity index (χ0n) is 24.3. The summed E-state index contributed by atoms with van der Waals surface area (Å²) in [5, 5.41) is 0. The van der Waals surface area contributed by atoms with Gasteiger partial charge in [-0.2, -0.15) is 4.98 Å². The van der Waals surface area contributed by atoms with Crippen molar-refractivity contribution in [3.05, 3.63) is 65.2 Å². The first kappa shape index (κ1) is 28.6.